The van der Waals surface area contributed by atoms with Crippen molar-refractivity contribution >= 4 is 0 Å². The molecule has 1 aliphatic carbocycles. The minimum absolute atomic E-state index is 0.154. The summed E-state index contributed by atoms with van der Waals surface area (Å²) in [6, 6.07) is 0. The minimum Gasteiger partial charge on any atom is -0.350 e. The Bertz CT molecular complexity index is 150. The SMILES string of the molecule is CCC1CCC2(C1)OCCCO2. The summed E-state index contributed by atoms with van der Waals surface area (Å²) in [6.45, 7) is 4.05. The van der Waals surface area contributed by atoms with Gasteiger partial charge in [0.2, 0.25) is 0 Å². The maximum atomic E-state index is 5.74. The largest absolute Gasteiger partial charge is 0.350 e. The van der Waals surface area contributed by atoms with Crippen LogP contribution in [0.5, 0.6) is 0 Å². The molecule has 1 spiro atoms. The summed E-state index contributed by atoms with van der Waals surface area (Å²) in [5.41, 5.74) is 0. The summed E-state index contributed by atoms with van der Waals surface area (Å²) in [4.78, 5) is 0. The predicted molar refractivity (Wildman–Crippen MR) is 46.9 cm³/mol. The van der Waals surface area contributed by atoms with Gasteiger partial charge in [0, 0.05) is 12.8 Å². The summed E-state index contributed by atoms with van der Waals surface area (Å²) in [5.74, 6) is 0.682. The van der Waals surface area contributed by atoms with Crippen molar-refractivity contribution in [1.82, 2.24) is 0 Å². The van der Waals surface area contributed by atoms with Crippen molar-refractivity contribution in [3.05, 3.63) is 0 Å². The fraction of sp³-hybridized carbons (Fsp3) is 1.00. The molecule has 0 aromatic carbocycles. The van der Waals surface area contributed by atoms with Crippen LogP contribution in [0, 0.1) is 5.92 Å². The van der Waals surface area contributed by atoms with Gasteiger partial charge in [0.25, 0.3) is 0 Å². The van der Waals surface area contributed by atoms with Crippen molar-refractivity contribution in [3.63, 3.8) is 0 Å². The molecule has 12 heavy (non-hydrogen) atoms. The fourth-order valence-corrected chi connectivity index (χ4v) is 2.30. The zero-order valence-corrected chi connectivity index (χ0v) is 7.84. The minimum atomic E-state index is -0.154. The van der Waals surface area contributed by atoms with E-state index in [-0.39, 0.29) is 5.79 Å². The second-order valence-corrected chi connectivity index (χ2v) is 3.98. The smallest absolute Gasteiger partial charge is 0.168 e. The normalized spacial score (nSPS) is 34.2. The van der Waals surface area contributed by atoms with Gasteiger partial charge in [-0.1, -0.05) is 13.3 Å². The monoisotopic (exact) mass is 170 g/mol. The molecule has 0 aromatic rings. The van der Waals surface area contributed by atoms with Crippen LogP contribution in [-0.4, -0.2) is 19.0 Å². The van der Waals surface area contributed by atoms with E-state index in [1.807, 2.05) is 0 Å². The lowest BCUT2D eigenvalue weighted by Crippen LogP contribution is -2.38. The zero-order chi connectivity index (χ0) is 8.44. The number of hydrogen-bond acceptors (Lipinski definition) is 2. The Kier molecular flexibility index (Phi) is 2.37. The van der Waals surface area contributed by atoms with Gasteiger partial charge >= 0.3 is 0 Å². The van der Waals surface area contributed by atoms with E-state index in [0.29, 0.717) is 0 Å². The molecular formula is C10H18O2. The fourth-order valence-electron chi connectivity index (χ4n) is 2.30. The van der Waals surface area contributed by atoms with Gasteiger partial charge in [-0.05, 0) is 18.8 Å². The second-order valence-electron chi connectivity index (χ2n) is 3.98. The quantitative estimate of drug-likeness (QED) is 0.601. The molecule has 2 rings (SSSR count). The lowest BCUT2D eigenvalue weighted by atomic mass is 10.1. The Morgan fingerprint density at radius 2 is 2.08 bits per heavy atom. The van der Waals surface area contributed by atoms with E-state index in [0.717, 1.165) is 38.4 Å². The first-order valence-corrected chi connectivity index (χ1v) is 5.12. The third kappa shape index (κ3) is 1.50. The van der Waals surface area contributed by atoms with E-state index in [1.54, 1.807) is 0 Å². The summed E-state index contributed by atoms with van der Waals surface area (Å²) >= 11 is 0. The molecule has 2 aliphatic rings. The van der Waals surface area contributed by atoms with Gasteiger partial charge in [0.05, 0.1) is 13.2 Å². The molecule has 0 bridgehead atoms. The van der Waals surface area contributed by atoms with E-state index in [2.05, 4.69) is 6.92 Å². The summed E-state index contributed by atoms with van der Waals surface area (Å²) in [6.07, 6.45) is 5.87. The van der Waals surface area contributed by atoms with Gasteiger partial charge in [0.1, 0.15) is 0 Å². The Morgan fingerprint density at radius 1 is 1.33 bits per heavy atom. The molecule has 1 saturated heterocycles. The molecule has 2 heteroatoms. The molecule has 2 nitrogen and oxygen atoms in total. The topological polar surface area (TPSA) is 18.5 Å². The van der Waals surface area contributed by atoms with Crippen LogP contribution >= 0.6 is 0 Å². The van der Waals surface area contributed by atoms with Crippen LogP contribution in [0.25, 0.3) is 0 Å². The van der Waals surface area contributed by atoms with E-state index < -0.39 is 0 Å². The highest BCUT2D eigenvalue weighted by Gasteiger charge is 2.41. The lowest BCUT2D eigenvalue weighted by Gasteiger charge is -2.33. The summed E-state index contributed by atoms with van der Waals surface area (Å²) < 4.78 is 11.5. The first kappa shape index (κ1) is 8.52. The van der Waals surface area contributed by atoms with Crippen LogP contribution in [0.2, 0.25) is 0 Å². The van der Waals surface area contributed by atoms with Gasteiger partial charge in [-0.15, -0.1) is 0 Å². The first-order valence-electron chi connectivity index (χ1n) is 5.12. The van der Waals surface area contributed by atoms with Crippen LogP contribution in [0.4, 0.5) is 0 Å². The molecule has 1 heterocycles. The van der Waals surface area contributed by atoms with Crippen LogP contribution in [0.1, 0.15) is 39.0 Å². The van der Waals surface area contributed by atoms with Crippen LogP contribution in [0.15, 0.2) is 0 Å². The number of ether oxygens (including phenoxy) is 2. The molecule has 1 saturated carbocycles. The Morgan fingerprint density at radius 3 is 2.67 bits per heavy atom. The van der Waals surface area contributed by atoms with E-state index in [1.165, 1.54) is 12.8 Å². The highest BCUT2D eigenvalue weighted by Crippen LogP contribution is 2.41. The highest BCUT2D eigenvalue weighted by atomic mass is 16.7. The van der Waals surface area contributed by atoms with Gasteiger partial charge in [-0.25, -0.2) is 0 Å². The van der Waals surface area contributed by atoms with Gasteiger partial charge < -0.3 is 9.47 Å². The van der Waals surface area contributed by atoms with E-state index in [4.69, 9.17) is 9.47 Å². The molecule has 1 aliphatic heterocycles. The van der Waals surface area contributed by atoms with Crippen molar-refractivity contribution in [1.29, 1.82) is 0 Å². The van der Waals surface area contributed by atoms with Gasteiger partial charge in [-0.3, -0.25) is 0 Å². The number of rotatable bonds is 1. The standard InChI is InChI=1S/C10H18O2/c1-2-9-4-5-10(8-9)11-6-3-7-12-10/h9H,2-8H2,1H3. The molecule has 1 atom stereocenters. The van der Waals surface area contributed by atoms with Crippen molar-refractivity contribution in [2.24, 2.45) is 5.92 Å². The van der Waals surface area contributed by atoms with Crippen LogP contribution in [-0.2, 0) is 9.47 Å². The lowest BCUT2D eigenvalue weighted by molar-refractivity contribution is -0.263. The highest BCUT2D eigenvalue weighted by molar-refractivity contribution is 4.84. The summed E-state index contributed by atoms with van der Waals surface area (Å²) in [7, 11) is 0. The average molecular weight is 170 g/mol. The van der Waals surface area contributed by atoms with Crippen LogP contribution in [0.3, 0.4) is 0 Å². The zero-order valence-electron chi connectivity index (χ0n) is 7.84. The molecular weight excluding hydrogens is 152 g/mol. The third-order valence-electron chi connectivity index (χ3n) is 3.13. The Labute approximate surface area is 74.2 Å². The third-order valence-corrected chi connectivity index (χ3v) is 3.13. The van der Waals surface area contributed by atoms with Crippen LogP contribution < -0.4 is 0 Å². The molecule has 0 amide bonds. The molecule has 1 unspecified atom stereocenters. The molecule has 0 aromatic heterocycles. The maximum Gasteiger partial charge on any atom is 0.168 e. The Balaban J connectivity index is 1.94. The molecule has 2 fully saturated rings. The Hall–Kier alpha value is -0.0800. The van der Waals surface area contributed by atoms with Gasteiger partial charge in [-0.2, -0.15) is 0 Å². The van der Waals surface area contributed by atoms with Gasteiger partial charge in [0.15, 0.2) is 5.79 Å². The van der Waals surface area contributed by atoms with Crippen molar-refractivity contribution in [2.75, 3.05) is 13.2 Å². The van der Waals surface area contributed by atoms with Crippen molar-refractivity contribution in [2.45, 2.75) is 44.8 Å². The second kappa shape index (κ2) is 3.35. The predicted octanol–water partition coefficient (Wildman–Crippen LogP) is 2.33. The van der Waals surface area contributed by atoms with Crippen molar-refractivity contribution < 1.29 is 9.47 Å². The molecule has 0 N–H and O–H groups in total. The average Bonchev–Trinajstić information content (AvgIpc) is 2.50. The molecule has 70 valence electrons. The van der Waals surface area contributed by atoms with E-state index in [9.17, 15) is 0 Å². The van der Waals surface area contributed by atoms with E-state index >= 15 is 0 Å². The molecule has 0 radical (unpaired) electrons. The maximum absolute atomic E-state index is 5.74. The first-order chi connectivity index (χ1) is 5.85. The summed E-state index contributed by atoms with van der Waals surface area (Å²) in [5, 5.41) is 0. The number of hydrogen-bond donors (Lipinski definition) is 0. The van der Waals surface area contributed by atoms with Crippen molar-refractivity contribution in [3.8, 4) is 0 Å².